The molecule has 0 aliphatic rings. The van der Waals surface area contributed by atoms with Gasteiger partial charge in [-0.2, -0.15) is 0 Å². The molecule has 0 spiro atoms. The predicted octanol–water partition coefficient (Wildman–Crippen LogP) is 4.74. The molecule has 26 heavy (non-hydrogen) atoms. The molecule has 136 valence electrons. The average Bonchev–Trinajstić information content (AvgIpc) is 2.62. The quantitative estimate of drug-likeness (QED) is 0.682. The van der Waals surface area contributed by atoms with Crippen molar-refractivity contribution in [3.63, 3.8) is 0 Å². The first-order valence-electron chi connectivity index (χ1n) is 8.98. The van der Waals surface area contributed by atoms with Crippen LogP contribution in [0.1, 0.15) is 39.1 Å². The molecule has 0 amide bonds. The monoisotopic (exact) mass is 369 g/mol. The van der Waals surface area contributed by atoms with Crippen LogP contribution in [0.4, 0.5) is 0 Å². The van der Waals surface area contributed by atoms with Gasteiger partial charge in [-0.25, -0.2) is 4.98 Å². The molecule has 0 fully saturated rings. The summed E-state index contributed by atoms with van der Waals surface area (Å²) >= 11 is 6.02. The van der Waals surface area contributed by atoms with Crippen molar-refractivity contribution < 1.29 is 0 Å². The Hall–Kier alpha value is -2.17. The molecular formula is C21H24ClN3O. The van der Waals surface area contributed by atoms with Gasteiger partial charge in [-0.05, 0) is 62.2 Å². The fourth-order valence-corrected chi connectivity index (χ4v) is 3.09. The molecule has 0 aliphatic heterocycles. The van der Waals surface area contributed by atoms with E-state index in [1.807, 2.05) is 43.3 Å². The Kier molecular flexibility index (Phi) is 5.74. The fourth-order valence-electron chi connectivity index (χ4n) is 2.96. The van der Waals surface area contributed by atoms with E-state index >= 15 is 0 Å². The summed E-state index contributed by atoms with van der Waals surface area (Å²) in [4.78, 5) is 18.0. The van der Waals surface area contributed by atoms with Crippen molar-refractivity contribution in [1.29, 1.82) is 0 Å². The lowest BCUT2D eigenvalue weighted by atomic mass is 10.1. The summed E-state index contributed by atoms with van der Waals surface area (Å²) < 4.78 is 1.69. The van der Waals surface area contributed by atoms with Crippen molar-refractivity contribution in [2.45, 2.75) is 33.2 Å². The number of fused-ring (bicyclic) bond motifs is 1. The van der Waals surface area contributed by atoms with Crippen LogP contribution < -0.4 is 10.9 Å². The molecule has 0 saturated carbocycles. The molecule has 3 rings (SSSR count). The SMILES string of the molecule is CC(C)CCNC(C)c1nc2ccccc2c(=O)n1-c1ccc(Cl)cc1. The van der Waals surface area contributed by atoms with E-state index in [1.54, 1.807) is 16.7 Å². The first-order valence-corrected chi connectivity index (χ1v) is 9.36. The average molecular weight is 370 g/mol. The zero-order valence-electron chi connectivity index (χ0n) is 15.4. The van der Waals surface area contributed by atoms with Gasteiger partial charge in [0.1, 0.15) is 5.82 Å². The Morgan fingerprint density at radius 1 is 1.08 bits per heavy atom. The van der Waals surface area contributed by atoms with Gasteiger partial charge in [0, 0.05) is 5.02 Å². The number of rotatable bonds is 6. The Labute approximate surface area is 158 Å². The van der Waals surface area contributed by atoms with Crippen LogP contribution in [0.15, 0.2) is 53.3 Å². The van der Waals surface area contributed by atoms with E-state index in [4.69, 9.17) is 16.6 Å². The number of nitrogens with one attached hydrogen (secondary N) is 1. The van der Waals surface area contributed by atoms with Gasteiger partial charge in [0.05, 0.1) is 22.6 Å². The van der Waals surface area contributed by atoms with Gasteiger partial charge in [-0.3, -0.25) is 9.36 Å². The minimum atomic E-state index is -0.0644. The standard InChI is InChI=1S/C21H24ClN3O/c1-14(2)12-13-23-15(3)20-24-19-7-5-4-6-18(19)21(26)25(20)17-10-8-16(22)9-11-17/h4-11,14-15,23H,12-13H2,1-3H3. The van der Waals surface area contributed by atoms with Crippen LogP contribution in [-0.4, -0.2) is 16.1 Å². The molecule has 1 N–H and O–H groups in total. The summed E-state index contributed by atoms with van der Waals surface area (Å²) in [6.45, 7) is 7.32. The normalized spacial score (nSPS) is 12.7. The molecule has 5 heteroatoms. The van der Waals surface area contributed by atoms with Crippen molar-refractivity contribution in [3.05, 3.63) is 69.7 Å². The first-order chi connectivity index (χ1) is 12.5. The minimum Gasteiger partial charge on any atom is -0.308 e. The van der Waals surface area contributed by atoms with Gasteiger partial charge in [0.25, 0.3) is 5.56 Å². The first kappa shape index (κ1) is 18.6. The highest BCUT2D eigenvalue weighted by molar-refractivity contribution is 6.30. The molecule has 0 saturated heterocycles. The third kappa shape index (κ3) is 3.97. The Morgan fingerprint density at radius 3 is 2.46 bits per heavy atom. The summed E-state index contributed by atoms with van der Waals surface area (Å²) in [5, 5.41) is 4.75. The second kappa shape index (κ2) is 8.02. The maximum Gasteiger partial charge on any atom is 0.266 e. The number of para-hydroxylation sites is 1. The summed E-state index contributed by atoms with van der Waals surface area (Å²) in [6, 6.07) is 14.7. The molecule has 2 aromatic carbocycles. The fraction of sp³-hybridized carbons (Fsp3) is 0.333. The molecule has 1 heterocycles. The Morgan fingerprint density at radius 2 is 1.77 bits per heavy atom. The second-order valence-electron chi connectivity index (χ2n) is 6.96. The van der Waals surface area contributed by atoms with Crippen LogP contribution >= 0.6 is 11.6 Å². The maximum absolute atomic E-state index is 13.2. The zero-order valence-corrected chi connectivity index (χ0v) is 16.1. The highest BCUT2D eigenvalue weighted by atomic mass is 35.5. The van der Waals surface area contributed by atoms with Crippen LogP contribution in [0, 0.1) is 5.92 Å². The number of nitrogens with zero attached hydrogens (tertiary/aromatic N) is 2. The van der Waals surface area contributed by atoms with Crippen LogP contribution in [-0.2, 0) is 0 Å². The van der Waals surface area contributed by atoms with E-state index in [0.717, 1.165) is 24.2 Å². The molecule has 1 aromatic heterocycles. The third-order valence-corrected chi connectivity index (χ3v) is 4.70. The molecular weight excluding hydrogens is 346 g/mol. The van der Waals surface area contributed by atoms with Gasteiger partial charge in [-0.1, -0.05) is 37.6 Å². The Balaban J connectivity index is 2.11. The molecule has 1 unspecified atom stereocenters. The van der Waals surface area contributed by atoms with Crippen molar-refractivity contribution in [1.82, 2.24) is 14.9 Å². The topological polar surface area (TPSA) is 46.9 Å². The maximum atomic E-state index is 13.2. The second-order valence-corrected chi connectivity index (χ2v) is 7.40. The number of hydrogen-bond acceptors (Lipinski definition) is 3. The van der Waals surface area contributed by atoms with E-state index in [0.29, 0.717) is 22.2 Å². The van der Waals surface area contributed by atoms with Gasteiger partial charge in [0.15, 0.2) is 0 Å². The summed E-state index contributed by atoms with van der Waals surface area (Å²) in [5.74, 6) is 1.33. The highest BCUT2D eigenvalue weighted by Gasteiger charge is 2.17. The van der Waals surface area contributed by atoms with Crippen molar-refractivity contribution >= 4 is 22.5 Å². The summed E-state index contributed by atoms with van der Waals surface area (Å²) in [7, 11) is 0. The van der Waals surface area contributed by atoms with E-state index in [2.05, 4.69) is 19.2 Å². The number of hydrogen-bond donors (Lipinski definition) is 1. The predicted molar refractivity (Wildman–Crippen MR) is 108 cm³/mol. The van der Waals surface area contributed by atoms with Crippen molar-refractivity contribution in [3.8, 4) is 5.69 Å². The van der Waals surface area contributed by atoms with E-state index in [9.17, 15) is 4.79 Å². The van der Waals surface area contributed by atoms with E-state index in [-0.39, 0.29) is 11.6 Å². The highest BCUT2D eigenvalue weighted by Crippen LogP contribution is 2.19. The van der Waals surface area contributed by atoms with E-state index in [1.165, 1.54) is 0 Å². The molecule has 4 nitrogen and oxygen atoms in total. The molecule has 0 aliphatic carbocycles. The van der Waals surface area contributed by atoms with Gasteiger partial charge in [-0.15, -0.1) is 0 Å². The minimum absolute atomic E-state index is 0.0539. The Bertz CT molecular complexity index is 948. The lowest BCUT2D eigenvalue weighted by Crippen LogP contribution is -2.30. The molecule has 3 aromatic rings. The number of aromatic nitrogens is 2. The molecule has 0 bridgehead atoms. The lowest BCUT2D eigenvalue weighted by molar-refractivity contribution is 0.479. The van der Waals surface area contributed by atoms with E-state index < -0.39 is 0 Å². The van der Waals surface area contributed by atoms with Gasteiger partial charge >= 0.3 is 0 Å². The summed E-state index contributed by atoms with van der Waals surface area (Å²) in [5.41, 5.74) is 1.42. The largest absolute Gasteiger partial charge is 0.308 e. The van der Waals surface area contributed by atoms with Crippen molar-refractivity contribution in [2.24, 2.45) is 5.92 Å². The van der Waals surface area contributed by atoms with Gasteiger partial charge < -0.3 is 5.32 Å². The number of halogens is 1. The third-order valence-electron chi connectivity index (χ3n) is 4.45. The smallest absolute Gasteiger partial charge is 0.266 e. The van der Waals surface area contributed by atoms with Gasteiger partial charge in [0.2, 0.25) is 0 Å². The summed E-state index contributed by atoms with van der Waals surface area (Å²) in [6.07, 6.45) is 1.07. The van der Waals surface area contributed by atoms with Crippen LogP contribution in [0.25, 0.3) is 16.6 Å². The van der Waals surface area contributed by atoms with Crippen molar-refractivity contribution in [2.75, 3.05) is 6.54 Å². The lowest BCUT2D eigenvalue weighted by Gasteiger charge is -2.20. The molecule has 0 radical (unpaired) electrons. The molecule has 1 atom stereocenters. The van der Waals surface area contributed by atoms with Crippen LogP contribution in [0.2, 0.25) is 5.02 Å². The number of benzene rings is 2. The zero-order chi connectivity index (χ0) is 18.7. The van der Waals surface area contributed by atoms with Crippen LogP contribution in [0.5, 0.6) is 0 Å². The van der Waals surface area contributed by atoms with Crippen LogP contribution in [0.3, 0.4) is 0 Å².